The summed E-state index contributed by atoms with van der Waals surface area (Å²) >= 11 is 0. The molecule has 0 heterocycles. The highest BCUT2D eigenvalue weighted by Gasteiger charge is 2.46. The Morgan fingerprint density at radius 1 is 1.38 bits per heavy atom. The number of carbonyl (C=O) groups is 2. The van der Waals surface area contributed by atoms with Gasteiger partial charge in [0.25, 0.3) is 0 Å². The zero-order valence-corrected chi connectivity index (χ0v) is 8.42. The Labute approximate surface area is 78.5 Å². The van der Waals surface area contributed by atoms with E-state index < -0.39 is 11.0 Å². The Kier molecular flexibility index (Phi) is 2.46. The highest BCUT2D eigenvalue weighted by Crippen LogP contribution is 2.40. The van der Waals surface area contributed by atoms with Crippen molar-refractivity contribution >= 4 is 12.3 Å². The molecule has 0 aromatic carbocycles. The van der Waals surface area contributed by atoms with Crippen LogP contribution in [0, 0.1) is 5.41 Å². The predicted molar refractivity (Wildman–Crippen MR) is 48.2 cm³/mol. The molecule has 1 aliphatic carbocycles. The second kappa shape index (κ2) is 3.13. The smallest absolute Gasteiger partial charge is 0.319 e. The summed E-state index contributed by atoms with van der Waals surface area (Å²) in [6, 6.07) is 0. The molecule has 0 N–H and O–H groups in total. The quantitative estimate of drug-likeness (QED) is 0.372. The fourth-order valence-corrected chi connectivity index (χ4v) is 1.31. The van der Waals surface area contributed by atoms with Crippen LogP contribution in [0.5, 0.6) is 0 Å². The largest absolute Gasteiger partial charge is 0.459 e. The molecule has 0 aliphatic heterocycles. The van der Waals surface area contributed by atoms with Crippen molar-refractivity contribution in [3.05, 3.63) is 0 Å². The normalized spacial score (nSPS) is 20.2. The lowest BCUT2D eigenvalue weighted by molar-refractivity contribution is -0.173. The van der Waals surface area contributed by atoms with Gasteiger partial charge in [-0.15, -0.1) is 0 Å². The molecule has 1 saturated carbocycles. The summed E-state index contributed by atoms with van der Waals surface area (Å²) in [5.41, 5.74) is -1.31. The average molecular weight is 184 g/mol. The summed E-state index contributed by atoms with van der Waals surface area (Å²) in [4.78, 5) is 22.3. The Bertz CT molecular complexity index is 221. The van der Waals surface area contributed by atoms with Crippen LogP contribution in [-0.2, 0) is 14.3 Å². The van der Waals surface area contributed by atoms with Crippen LogP contribution >= 0.6 is 0 Å². The Morgan fingerprint density at radius 3 is 2.15 bits per heavy atom. The molecular formula is C10H16O3. The van der Waals surface area contributed by atoms with Gasteiger partial charge in [-0.2, -0.15) is 0 Å². The van der Waals surface area contributed by atoms with Gasteiger partial charge in [-0.3, -0.25) is 4.79 Å². The molecule has 0 amide bonds. The van der Waals surface area contributed by atoms with E-state index in [9.17, 15) is 9.59 Å². The van der Waals surface area contributed by atoms with Crippen LogP contribution in [0.15, 0.2) is 0 Å². The van der Waals surface area contributed by atoms with Gasteiger partial charge in [-0.25, -0.2) is 0 Å². The van der Waals surface area contributed by atoms with Crippen molar-refractivity contribution < 1.29 is 14.3 Å². The third kappa shape index (κ3) is 2.08. The fourth-order valence-electron chi connectivity index (χ4n) is 1.31. The van der Waals surface area contributed by atoms with Gasteiger partial charge in [-0.05, 0) is 33.6 Å². The van der Waals surface area contributed by atoms with E-state index in [0.29, 0.717) is 12.8 Å². The molecule has 0 bridgehead atoms. The van der Waals surface area contributed by atoms with Crippen molar-refractivity contribution in [2.75, 3.05) is 0 Å². The highest BCUT2D eigenvalue weighted by atomic mass is 16.6. The molecule has 3 heteroatoms. The second-order valence-corrected chi connectivity index (χ2v) is 4.63. The van der Waals surface area contributed by atoms with E-state index in [1.54, 1.807) is 0 Å². The van der Waals surface area contributed by atoms with Crippen LogP contribution in [-0.4, -0.2) is 17.9 Å². The predicted octanol–water partition coefficient (Wildman–Crippen LogP) is 1.70. The Morgan fingerprint density at radius 2 is 1.92 bits per heavy atom. The van der Waals surface area contributed by atoms with Crippen LogP contribution in [0.3, 0.4) is 0 Å². The van der Waals surface area contributed by atoms with Gasteiger partial charge in [0, 0.05) is 0 Å². The topological polar surface area (TPSA) is 43.4 Å². The minimum atomic E-state index is -0.812. The van der Waals surface area contributed by atoms with Gasteiger partial charge in [0.2, 0.25) is 0 Å². The van der Waals surface area contributed by atoms with Gasteiger partial charge >= 0.3 is 5.97 Å². The van der Waals surface area contributed by atoms with Crippen molar-refractivity contribution in [1.82, 2.24) is 0 Å². The first kappa shape index (κ1) is 10.2. The molecule has 0 radical (unpaired) electrons. The third-order valence-corrected chi connectivity index (χ3v) is 2.28. The van der Waals surface area contributed by atoms with Crippen molar-refractivity contribution in [1.29, 1.82) is 0 Å². The van der Waals surface area contributed by atoms with E-state index in [4.69, 9.17) is 4.74 Å². The zero-order valence-electron chi connectivity index (χ0n) is 8.42. The molecule has 74 valence electrons. The Balaban J connectivity index is 2.61. The van der Waals surface area contributed by atoms with Gasteiger partial charge in [0.1, 0.15) is 17.3 Å². The zero-order chi connectivity index (χ0) is 10.1. The van der Waals surface area contributed by atoms with Crippen LogP contribution in [0.25, 0.3) is 0 Å². The molecule has 0 atom stereocenters. The molecule has 0 aromatic rings. The van der Waals surface area contributed by atoms with E-state index >= 15 is 0 Å². The van der Waals surface area contributed by atoms with E-state index in [1.165, 1.54) is 0 Å². The third-order valence-electron chi connectivity index (χ3n) is 2.28. The van der Waals surface area contributed by atoms with Gasteiger partial charge in [0.15, 0.2) is 0 Å². The summed E-state index contributed by atoms with van der Waals surface area (Å²) in [6.07, 6.45) is 2.97. The lowest BCUT2D eigenvalue weighted by Crippen LogP contribution is -2.43. The standard InChI is InChI=1S/C10H16O3/c1-9(2,3)13-8(12)10(7-11)5-4-6-10/h7H,4-6H2,1-3H3. The molecule has 0 aromatic heterocycles. The van der Waals surface area contributed by atoms with Crippen molar-refractivity contribution in [2.45, 2.75) is 45.6 Å². The number of hydrogen-bond acceptors (Lipinski definition) is 3. The monoisotopic (exact) mass is 184 g/mol. The number of esters is 1. The molecule has 0 saturated heterocycles. The van der Waals surface area contributed by atoms with E-state index in [2.05, 4.69) is 0 Å². The molecule has 3 nitrogen and oxygen atoms in total. The summed E-state index contributed by atoms with van der Waals surface area (Å²) in [5.74, 6) is -0.360. The maximum Gasteiger partial charge on any atom is 0.319 e. The lowest BCUT2D eigenvalue weighted by Gasteiger charge is -2.36. The van der Waals surface area contributed by atoms with Crippen molar-refractivity contribution in [2.24, 2.45) is 5.41 Å². The summed E-state index contributed by atoms with van der Waals surface area (Å²) in [5, 5.41) is 0. The fraction of sp³-hybridized carbons (Fsp3) is 0.800. The van der Waals surface area contributed by atoms with Gasteiger partial charge < -0.3 is 9.53 Å². The average Bonchev–Trinajstić information content (AvgIpc) is 1.80. The van der Waals surface area contributed by atoms with Gasteiger partial charge in [0.05, 0.1) is 0 Å². The number of aldehydes is 1. The first-order chi connectivity index (χ1) is 5.90. The molecule has 0 spiro atoms. The number of hydrogen-bond donors (Lipinski definition) is 0. The molecular weight excluding hydrogens is 168 g/mol. The number of rotatable bonds is 2. The number of ether oxygens (including phenoxy) is 1. The molecule has 1 fully saturated rings. The van der Waals surface area contributed by atoms with Crippen molar-refractivity contribution in [3.8, 4) is 0 Å². The molecule has 13 heavy (non-hydrogen) atoms. The lowest BCUT2D eigenvalue weighted by atomic mass is 9.70. The molecule has 1 rings (SSSR count). The minimum absolute atomic E-state index is 0.360. The maximum absolute atomic E-state index is 11.5. The SMILES string of the molecule is CC(C)(C)OC(=O)C1(C=O)CCC1. The van der Waals surface area contributed by atoms with E-state index in [0.717, 1.165) is 12.7 Å². The number of carbonyl (C=O) groups excluding carboxylic acids is 2. The summed E-state index contributed by atoms with van der Waals surface area (Å²) in [6.45, 7) is 5.42. The van der Waals surface area contributed by atoms with Crippen LogP contribution in [0.2, 0.25) is 0 Å². The van der Waals surface area contributed by atoms with Crippen LogP contribution in [0.1, 0.15) is 40.0 Å². The Hall–Kier alpha value is -0.860. The summed E-state index contributed by atoms with van der Waals surface area (Å²) < 4.78 is 5.17. The van der Waals surface area contributed by atoms with Crippen molar-refractivity contribution in [3.63, 3.8) is 0 Å². The highest BCUT2D eigenvalue weighted by molar-refractivity contribution is 5.94. The van der Waals surface area contributed by atoms with E-state index in [1.807, 2.05) is 20.8 Å². The van der Waals surface area contributed by atoms with Crippen LogP contribution < -0.4 is 0 Å². The first-order valence-corrected chi connectivity index (χ1v) is 4.59. The summed E-state index contributed by atoms with van der Waals surface area (Å²) in [7, 11) is 0. The first-order valence-electron chi connectivity index (χ1n) is 4.59. The maximum atomic E-state index is 11.5. The molecule has 0 unspecified atom stereocenters. The minimum Gasteiger partial charge on any atom is -0.459 e. The second-order valence-electron chi connectivity index (χ2n) is 4.63. The molecule has 1 aliphatic rings. The van der Waals surface area contributed by atoms with E-state index in [-0.39, 0.29) is 5.97 Å². The van der Waals surface area contributed by atoms with Crippen LogP contribution in [0.4, 0.5) is 0 Å². The van der Waals surface area contributed by atoms with Gasteiger partial charge in [-0.1, -0.05) is 6.42 Å².